The zero-order valence-electron chi connectivity index (χ0n) is 20.9. The van der Waals surface area contributed by atoms with E-state index in [2.05, 4.69) is 16.0 Å². The Morgan fingerprint density at radius 2 is 1.66 bits per heavy atom. The van der Waals surface area contributed by atoms with Crippen LogP contribution in [-0.4, -0.2) is 53.2 Å². The number of carbonyl (C=O) groups is 3. The van der Waals surface area contributed by atoms with Crippen molar-refractivity contribution < 1.29 is 27.5 Å². The first kappa shape index (κ1) is 26.4. The van der Waals surface area contributed by atoms with Crippen LogP contribution in [0.25, 0.3) is 11.3 Å². The van der Waals surface area contributed by atoms with Gasteiger partial charge in [-0.05, 0) is 42.0 Å². The van der Waals surface area contributed by atoms with Gasteiger partial charge in [-0.2, -0.15) is 0 Å². The zero-order valence-corrected chi connectivity index (χ0v) is 21.8. The van der Waals surface area contributed by atoms with Crippen molar-refractivity contribution in [3.63, 3.8) is 0 Å². The number of rotatable bonds is 8. The first-order chi connectivity index (χ1) is 18.1. The molecule has 3 N–H and O–H groups in total. The molecular formula is C27H26N4O6S. The number of nitrogens with one attached hydrogen (secondary N) is 3. The fourth-order valence-electron chi connectivity index (χ4n) is 4.01. The minimum Gasteiger partial charge on any atom is -0.465 e. The predicted octanol–water partition coefficient (Wildman–Crippen LogP) is 2.92. The third kappa shape index (κ3) is 5.52. The standard InChI is InChI=1S/C27H26N4O6S/c1-28-23(32)16-31(38(3,35)36)20-12-10-19(11-13-20)29-25(17-7-5-4-6-8-17)24-21-14-9-18(27(34)37-2)15-22(21)30-26(24)33/h4-15,29H,16H2,1-3H3,(H,28,32)(H,30,33). The van der Waals surface area contributed by atoms with Crippen LogP contribution in [0.5, 0.6) is 0 Å². The van der Waals surface area contributed by atoms with Gasteiger partial charge in [0.2, 0.25) is 15.9 Å². The molecular weight excluding hydrogens is 508 g/mol. The van der Waals surface area contributed by atoms with E-state index in [1.807, 2.05) is 30.3 Å². The molecule has 10 nitrogen and oxygen atoms in total. The molecule has 1 aliphatic heterocycles. The fourth-order valence-corrected chi connectivity index (χ4v) is 4.87. The van der Waals surface area contributed by atoms with E-state index >= 15 is 0 Å². The number of nitrogens with zero attached hydrogens (tertiary/aromatic N) is 1. The number of likely N-dealkylation sites (N-methyl/N-ethyl adjacent to an activating group) is 1. The minimum absolute atomic E-state index is 0.310. The van der Waals surface area contributed by atoms with Crippen molar-refractivity contribution in [1.29, 1.82) is 0 Å². The molecule has 4 rings (SSSR count). The van der Waals surface area contributed by atoms with E-state index in [0.29, 0.717) is 39.5 Å². The van der Waals surface area contributed by atoms with E-state index in [4.69, 9.17) is 4.74 Å². The van der Waals surface area contributed by atoms with Crippen LogP contribution < -0.4 is 20.3 Å². The van der Waals surface area contributed by atoms with Crippen molar-refractivity contribution in [2.75, 3.05) is 41.9 Å². The van der Waals surface area contributed by atoms with Crippen LogP contribution in [0.2, 0.25) is 0 Å². The average molecular weight is 535 g/mol. The lowest BCUT2D eigenvalue weighted by molar-refractivity contribution is -0.119. The van der Waals surface area contributed by atoms with Crippen molar-refractivity contribution in [2.45, 2.75) is 0 Å². The summed E-state index contributed by atoms with van der Waals surface area (Å²) < 4.78 is 30.4. The Hall–Kier alpha value is -4.64. The van der Waals surface area contributed by atoms with E-state index in [1.54, 1.807) is 42.5 Å². The molecule has 0 aromatic heterocycles. The van der Waals surface area contributed by atoms with Crippen LogP contribution in [0.15, 0.2) is 72.8 Å². The Kier molecular flexibility index (Phi) is 7.49. The Balaban J connectivity index is 1.75. The van der Waals surface area contributed by atoms with Gasteiger partial charge in [0.15, 0.2) is 0 Å². The Morgan fingerprint density at radius 3 is 2.26 bits per heavy atom. The molecule has 1 heterocycles. The number of carbonyl (C=O) groups excluding carboxylic acids is 3. The van der Waals surface area contributed by atoms with Crippen molar-refractivity contribution in [3.8, 4) is 0 Å². The number of esters is 1. The van der Waals surface area contributed by atoms with Crippen LogP contribution >= 0.6 is 0 Å². The van der Waals surface area contributed by atoms with Gasteiger partial charge >= 0.3 is 5.97 Å². The molecule has 196 valence electrons. The molecule has 0 bridgehead atoms. The molecule has 0 aliphatic carbocycles. The van der Waals surface area contributed by atoms with Gasteiger partial charge in [0.05, 0.1) is 41.6 Å². The number of anilines is 3. The third-order valence-electron chi connectivity index (χ3n) is 5.89. The summed E-state index contributed by atoms with van der Waals surface area (Å²) in [5.41, 5.74) is 3.94. The average Bonchev–Trinajstić information content (AvgIpc) is 3.24. The molecule has 0 unspecified atom stereocenters. The highest BCUT2D eigenvalue weighted by Crippen LogP contribution is 2.38. The summed E-state index contributed by atoms with van der Waals surface area (Å²) in [5, 5.41) is 8.53. The summed E-state index contributed by atoms with van der Waals surface area (Å²) in [6, 6.07) is 20.6. The molecule has 2 amide bonds. The summed E-state index contributed by atoms with van der Waals surface area (Å²) in [4.78, 5) is 37.0. The number of hydrogen-bond donors (Lipinski definition) is 3. The predicted molar refractivity (Wildman–Crippen MR) is 146 cm³/mol. The summed E-state index contributed by atoms with van der Waals surface area (Å²) in [6.07, 6.45) is 1.03. The fraction of sp³-hybridized carbons (Fsp3) is 0.148. The van der Waals surface area contributed by atoms with E-state index in [1.165, 1.54) is 14.2 Å². The van der Waals surface area contributed by atoms with Crippen molar-refractivity contribution in [1.82, 2.24) is 5.32 Å². The number of ether oxygens (including phenoxy) is 1. The highest BCUT2D eigenvalue weighted by molar-refractivity contribution is 7.92. The molecule has 38 heavy (non-hydrogen) atoms. The molecule has 0 atom stereocenters. The highest BCUT2D eigenvalue weighted by atomic mass is 32.2. The second-order valence-corrected chi connectivity index (χ2v) is 10.3. The number of sulfonamides is 1. The topological polar surface area (TPSA) is 134 Å². The van der Waals surface area contributed by atoms with Gasteiger partial charge in [-0.25, -0.2) is 13.2 Å². The maximum atomic E-state index is 13.1. The Morgan fingerprint density at radius 1 is 0.974 bits per heavy atom. The molecule has 3 aromatic carbocycles. The zero-order chi connectivity index (χ0) is 27.4. The lowest BCUT2D eigenvalue weighted by Crippen LogP contribution is -2.39. The first-order valence-corrected chi connectivity index (χ1v) is 13.4. The van der Waals surface area contributed by atoms with E-state index < -0.39 is 21.9 Å². The minimum atomic E-state index is -3.71. The maximum Gasteiger partial charge on any atom is 0.337 e. The monoisotopic (exact) mass is 534 g/mol. The smallest absolute Gasteiger partial charge is 0.337 e. The van der Waals surface area contributed by atoms with E-state index in [9.17, 15) is 22.8 Å². The third-order valence-corrected chi connectivity index (χ3v) is 7.03. The largest absolute Gasteiger partial charge is 0.465 e. The van der Waals surface area contributed by atoms with E-state index in [0.717, 1.165) is 16.1 Å². The highest BCUT2D eigenvalue weighted by Gasteiger charge is 2.29. The second-order valence-electron chi connectivity index (χ2n) is 8.44. The molecule has 0 saturated heterocycles. The van der Waals surface area contributed by atoms with Gasteiger partial charge in [-0.15, -0.1) is 0 Å². The van der Waals surface area contributed by atoms with Gasteiger partial charge in [0.25, 0.3) is 5.91 Å². The van der Waals surface area contributed by atoms with Crippen LogP contribution in [-0.2, 0) is 24.3 Å². The van der Waals surface area contributed by atoms with Crippen LogP contribution in [0.1, 0.15) is 21.5 Å². The number of amides is 2. The van der Waals surface area contributed by atoms with Crippen molar-refractivity contribution in [3.05, 3.63) is 89.5 Å². The molecule has 3 aromatic rings. The second kappa shape index (κ2) is 10.8. The Labute approximate surface area is 220 Å². The van der Waals surface area contributed by atoms with Gasteiger partial charge < -0.3 is 20.7 Å². The van der Waals surface area contributed by atoms with Crippen molar-refractivity contribution in [2.24, 2.45) is 0 Å². The SMILES string of the molecule is CNC(=O)CN(c1ccc(NC(=C2C(=O)Nc3cc(C(=O)OC)ccc32)c2ccccc2)cc1)S(C)(=O)=O. The molecule has 0 radical (unpaired) electrons. The van der Waals surface area contributed by atoms with Gasteiger partial charge in [-0.1, -0.05) is 36.4 Å². The van der Waals surface area contributed by atoms with Crippen LogP contribution in [0, 0.1) is 0 Å². The molecule has 1 aliphatic rings. The normalized spacial score (nSPS) is 13.7. The van der Waals surface area contributed by atoms with E-state index in [-0.39, 0.29) is 12.5 Å². The van der Waals surface area contributed by atoms with Crippen LogP contribution in [0.3, 0.4) is 0 Å². The molecule has 0 saturated carbocycles. The lowest BCUT2D eigenvalue weighted by atomic mass is 9.99. The first-order valence-electron chi connectivity index (χ1n) is 11.5. The number of benzene rings is 3. The summed E-state index contributed by atoms with van der Waals surface area (Å²) in [5.74, 6) is -1.31. The molecule has 11 heteroatoms. The maximum absolute atomic E-state index is 13.1. The Bertz CT molecular complexity index is 1530. The number of hydrogen-bond acceptors (Lipinski definition) is 7. The molecule has 0 spiro atoms. The number of methoxy groups -OCH3 is 1. The summed E-state index contributed by atoms with van der Waals surface area (Å²) in [6.45, 7) is -0.355. The van der Waals surface area contributed by atoms with Crippen molar-refractivity contribution >= 4 is 56.1 Å². The van der Waals surface area contributed by atoms with Gasteiger partial charge in [0.1, 0.15) is 6.54 Å². The quantitative estimate of drug-likeness (QED) is 0.299. The van der Waals surface area contributed by atoms with Gasteiger partial charge in [-0.3, -0.25) is 13.9 Å². The summed E-state index contributed by atoms with van der Waals surface area (Å²) >= 11 is 0. The van der Waals surface area contributed by atoms with Crippen LogP contribution in [0.4, 0.5) is 17.1 Å². The number of fused-ring (bicyclic) bond motifs is 1. The van der Waals surface area contributed by atoms with Gasteiger partial charge in [0, 0.05) is 18.3 Å². The lowest BCUT2D eigenvalue weighted by Gasteiger charge is -2.22. The summed E-state index contributed by atoms with van der Waals surface area (Å²) in [7, 11) is -0.990. The molecule has 0 fully saturated rings.